The maximum absolute atomic E-state index is 9.75. The Hall–Kier alpha value is 0.708. The van der Waals surface area contributed by atoms with Crippen molar-refractivity contribution in [1.29, 1.82) is 0 Å². The second kappa shape index (κ2) is 6.59. The van der Waals surface area contributed by atoms with Crippen molar-refractivity contribution in [2.24, 2.45) is 0 Å². The van der Waals surface area contributed by atoms with Crippen molar-refractivity contribution in [2.45, 2.75) is 42.1 Å². The van der Waals surface area contributed by atoms with Crippen molar-refractivity contribution in [3.63, 3.8) is 0 Å². The van der Waals surface area contributed by atoms with Gasteiger partial charge in [0.05, 0.1) is 0 Å². The summed E-state index contributed by atoms with van der Waals surface area (Å²) in [6, 6.07) is 0. The molecule has 0 radical (unpaired) electrons. The Morgan fingerprint density at radius 2 is 1.81 bits per heavy atom. The van der Waals surface area contributed by atoms with Gasteiger partial charge in [0.2, 0.25) is 0 Å². The minimum absolute atomic E-state index is 0.481. The molecule has 1 aliphatic rings. The molecule has 5 unspecified atom stereocenters. The van der Waals surface area contributed by atoms with E-state index in [0.717, 1.165) is 0 Å². The predicted molar refractivity (Wildman–Crippen MR) is 63.6 cm³/mol. The first-order chi connectivity index (χ1) is 7.47. The maximum atomic E-state index is 9.75. The molecule has 3 N–H and O–H groups in total. The van der Waals surface area contributed by atoms with Gasteiger partial charge in [-0.15, -0.1) is 0 Å². The second-order valence-electron chi connectivity index (χ2n) is 3.86. The Labute approximate surface area is 103 Å². The average molecular weight is 314 g/mol. The monoisotopic (exact) mass is 314 g/mol. The van der Waals surface area contributed by atoms with Gasteiger partial charge in [-0.3, -0.25) is 0 Å². The van der Waals surface area contributed by atoms with Crippen LogP contribution in [0, 0.1) is 0 Å². The summed E-state index contributed by atoms with van der Waals surface area (Å²) in [5.74, 6) is 0.623. The number of aliphatic hydroxyl groups is 3. The Morgan fingerprint density at radius 1 is 1.19 bits per heavy atom. The van der Waals surface area contributed by atoms with Crippen LogP contribution in [0.5, 0.6) is 0 Å². The molecule has 1 saturated heterocycles. The Morgan fingerprint density at radius 3 is 2.31 bits per heavy atom. The third-order valence-electron chi connectivity index (χ3n) is 2.40. The summed E-state index contributed by atoms with van der Waals surface area (Å²) in [5, 5.41) is 28.9. The first-order valence-electron chi connectivity index (χ1n) is 5.00. The number of aliphatic hydroxyl groups excluding tert-OH is 3. The van der Waals surface area contributed by atoms with Crippen LogP contribution in [-0.2, 0) is 9.47 Å². The molecule has 0 aliphatic carbocycles. The molecule has 1 aliphatic heterocycles. The van der Waals surface area contributed by atoms with E-state index in [9.17, 15) is 15.3 Å². The van der Waals surface area contributed by atoms with Gasteiger partial charge in [-0.05, 0) is 0 Å². The third-order valence-corrected chi connectivity index (χ3v) is 7.58. The number of hydrogen-bond acceptors (Lipinski definition) is 6. The van der Waals surface area contributed by atoms with Crippen LogP contribution in [0.1, 0.15) is 0 Å². The normalized spacial score (nSPS) is 40.3. The van der Waals surface area contributed by atoms with Crippen molar-refractivity contribution in [2.75, 3.05) is 12.9 Å². The Kier molecular flexibility index (Phi) is 6.08. The summed E-state index contributed by atoms with van der Waals surface area (Å²) in [7, 11) is 3.17. The molecule has 0 saturated carbocycles. The van der Waals surface area contributed by atoms with Crippen LogP contribution in [0.4, 0.5) is 0 Å². The van der Waals surface area contributed by atoms with Crippen molar-refractivity contribution in [1.82, 2.24) is 0 Å². The van der Waals surface area contributed by atoms with Gasteiger partial charge < -0.3 is 0 Å². The van der Waals surface area contributed by atoms with Crippen molar-refractivity contribution < 1.29 is 24.8 Å². The van der Waals surface area contributed by atoms with Crippen LogP contribution in [0.3, 0.4) is 0 Å². The van der Waals surface area contributed by atoms with Gasteiger partial charge in [-0.25, -0.2) is 0 Å². The van der Waals surface area contributed by atoms with Gasteiger partial charge in [0.15, 0.2) is 0 Å². The van der Waals surface area contributed by atoms with Crippen LogP contribution in [0.2, 0.25) is 11.4 Å². The minimum atomic E-state index is -1.21. The van der Waals surface area contributed by atoms with E-state index < -0.39 is 44.2 Å². The number of hydrogen-bond donors (Lipinski definition) is 3. The molecule has 0 spiro atoms. The summed E-state index contributed by atoms with van der Waals surface area (Å²) < 4.78 is 10.3. The molecule has 1 rings (SSSR count). The summed E-state index contributed by atoms with van der Waals surface area (Å²) in [6.07, 6.45) is -4.80. The summed E-state index contributed by atoms with van der Waals surface area (Å²) in [4.78, 5) is 0. The molecule has 5 atom stereocenters. The zero-order valence-electron chi connectivity index (χ0n) is 9.61. The first kappa shape index (κ1) is 14.8. The van der Waals surface area contributed by atoms with E-state index in [2.05, 4.69) is 11.4 Å². The van der Waals surface area contributed by atoms with E-state index in [1.807, 2.05) is 0 Å². The van der Waals surface area contributed by atoms with Crippen LogP contribution in [0.15, 0.2) is 0 Å². The standard InChI is InChI=1S/C9H19AsO5S/c1-10(2)16-4-5-6(11)7(12)8(13)9(14-3)15-5/h5-9,11-13H,4H2,1-3H3. The van der Waals surface area contributed by atoms with Crippen LogP contribution in [0.25, 0.3) is 0 Å². The summed E-state index contributed by atoms with van der Waals surface area (Å²) in [6.45, 7) is 0. The molecular formula is C9H19AsO5S. The summed E-state index contributed by atoms with van der Waals surface area (Å²) >= 11 is -0.854. The molecule has 0 bridgehead atoms. The molecule has 0 aromatic rings. The molecular weight excluding hydrogens is 295 g/mol. The molecule has 1 fully saturated rings. The van der Waals surface area contributed by atoms with Gasteiger partial charge in [0.1, 0.15) is 0 Å². The number of rotatable bonds is 4. The van der Waals surface area contributed by atoms with E-state index in [4.69, 9.17) is 9.47 Å². The fourth-order valence-electron chi connectivity index (χ4n) is 1.47. The molecule has 0 aromatic carbocycles. The molecule has 0 amide bonds. The van der Waals surface area contributed by atoms with Crippen molar-refractivity contribution >= 4 is 23.5 Å². The van der Waals surface area contributed by atoms with Gasteiger partial charge in [-0.2, -0.15) is 0 Å². The quantitative estimate of drug-likeness (QED) is 0.603. The molecule has 5 nitrogen and oxygen atoms in total. The van der Waals surface area contributed by atoms with Crippen LogP contribution < -0.4 is 0 Å². The molecule has 7 heteroatoms. The van der Waals surface area contributed by atoms with Crippen LogP contribution >= 0.6 is 10.0 Å². The SMILES string of the molecule is COC1OC(CS[As](C)C)C(O)C(O)C1O. The van der Waals surface area contributed by atoms with Crippen LogP contribution in [-0.4, -0.2) is 72.4 Å². The van der Waals surface area contributed by atoms with Gasteiger partial charge in [0.25, 0.3) is 0 Å². The first-order valence-corrected chi connectivity index (χ1v) is 12.0. The van der Waals surface area contributed by atoms with Gasteiger partial charge in [-0.1, -0.05) is 0 Å². The molecule has 0 aromatic heterocycles. The third kappa shape index (κ3) is 3.60. The fraction of sp³-hybridized carbons (Fsp3) is 1.00. The number of methoxy groups -OCH3 is 1. The van der Waals surface area contributed by atoms with E-state index in [-0.39, 0.29) is 0 Å². The zero-order chi connectivity index (χ0) is 12.3. The number of ether oxygens (including phenoxy) is 2. The van der Waals surface area contributed by atoms with Gasteiger partial charge >= 0.3 is 103 Å². The fourth-order valence-corrected chi connectivity index (χ4v) is 4.99. The Balaban J connectivity index is 2.56. The predicted octanol–water partition coefficient (Wildman–Crippen LogP) is -0.575. The zero-order valence-corrected chi connectivity index (χ0v) is 12.3. The molecule has 1 heterocycles. The van der Waals surface area contributed by atoms with Crippen molar-refractivity contribution in [3.8, 4) is 0 Å². The van der Waals surface area contributed by atoms with E-state index in [1.54, 1.807) is 10.0 Å². The van der Waals surface area contributed by atoms with E-state index in [1.165, 1.54) is 7.11 Å². The second-order valence-corrected chi connectivity index (χ2v) is 13.3. The topological polar surface area (TPSA) is 79.2 Å². The van der Waals surface area contributed by atoms with Gasteiger partial charge in [0, 0.05) is 0 Å². The molecule has 16 heavy (non-hydrogen) atoms. The van der Waals surface area contributed by atoms with E-state index >= 15 is 0 Å². The van der Waals surface area contributed by atoms with Crippen molar-refractivity contribution in [3.05, 3.63) is 0 Å². The Bertz CT molecular complexity index is 216. The average Bonchev–Trinajstić information content (AvgIpc) is 2.25. The van der Waals surface area contributed by atoms with E-state index in [0.29, 0.717) is 5.75 Å². The summed E-state index contributed by atoms with van der Waals surface area (Å²) in [5.41, 5.74) is 4.37. The molecule has 96 valence electrons.